The Kier molecular flexibility index (Phi) is 4.37. The molecule has 0 amide bonds. The summed E-state index contributed by atoms with van der Waals surface area (Å²) < 4.78 is 39.2. The maximum Gasteiger partial charge on any atom is 0.435 e. The van der Waals surface area contributed by atoms with Gasteiger partial charge in [-0.1, -0.05) is 24.6 Å². The molecule has 0 spiro atoms. The van der Waals surface area contributed by atoms with Gasteiger partial charge in [-0.25, -0.2) is 4.68 Å². The summed E-state index contributed by atoms with van der Waals surface area (Å²) in [6.45, 7) is 3.92. The molecular weight excluding hydrogens is 279 g/mol. The number of alkyl halides is 3. The second-order valence-electron chi connectivity index (χ2n) is 5.15. The monoisotopic (exact) mass is 297 g/mol. The third-order valence-electron chi connectivity index (χ3n) is 3.37. The third kappa shape index (κ3) is 3.64. The summed E-state index contributed by atoms with van der Waals surface area (Å²) in [6, 6.07) is 6.53. The SMILES string of the molecule is CCC(N)Cc1cc(C)ccc1-n1ccc(C(F)(F)F)n1. The molecule has 0 aliphatic rings. The number of aromatic nitrogens is 2. The Bertz CT molecular complexity index is 617. The van der Waals surface area contributed by atoms with E-state index < -0.39 is 11.9 Å². The molecule has 0 fully saturated rings. The van der Waals surface area contributed by atoms with Gasteiger partial charge < -0.3 is 5.73 Å². The minimum Gasteiger partial charge on any atom is -0.327 e. The van der Waals surface area contributed by atoms with Crippen LogP contribution in [0.1, 0.15) is 30.2 Å². The number of halogens is 3. The zero-order valence-electron chi connectivity index (χ0n) is 12.0. The molecule has 114 valence electrons. The van der Waals surface area contributed by atoms with E-state index in [-0.39, 0.29) is 6.04 Å². The Morgan fingerprint density at radius 3 is 2.57 bits per heavy atom. The Hall–Kier alpha value is -1.82. The summed E-state index contributed by atoms with van der Waals surface area (Å²) in [6.07, 6.45) is -1.70. The largest absolute Gasteiger partial charge is 0.435 e. The van der Waals surface area contributed by atoms with Crippen molar-refractivity contribution in [2.24, 2.45) is 5.73 Å². The van der Waals surface area contributed by atoms with E-state index in [1.54, 1.807) is 6.07 Å². The van der Waals surface area contributed by atoms with Gasteiger partial charge in [0.05, 0.1) is 5.69 Å². The first-order valence-corrected chi connectivity index (χ1v) is 6.79. The molecule has 2 N–H and O–H groups in total. The van der Waals surface area contributed by atoms with Gasteiger partial charge in [-0.05, 0) is 37.5 Å². The Morgan fingerprint density at radius 1 is 1.29 bits per heavy atom. The molecular formula is C15H18F3N3. The molecule has 1 unspecified atom stereocenters. The van der Waals surface area contributed by atoms with Crippen LogP contribution in [0.3, 0.4) is 0 Å². The fourth-order valence-corrected chi connectivity index (χ4v) is 2.14. The second-order valence-corrected chi connectivity index (χ2v) is 5.15. The van der Waals surface area contributed by atoms with Crippen LogP contribution in [-0.2, 0) is 12.6 Å². The van der Waals surface area contributed by atoms with Crippen molar-refractivity contribution in [2.45, 2.75) is 38.9 Å². The molecule has 1 aromatic heterocycles. The second kappa shape index (κ2) is 5.89. The molecule has 0 aliphatic carbocycles. The first-order valence-electron chi connectivity index (χ1n) is 6.79. The van der Waals surface area contributed by atoms with Crippen molar-refractivity contribution in [1.82, 2.24) is 9.78 Å². The fourth-order valence-electron chi connectivity index (χ4n) is 2.14. The van der Waals surface area contributed by atoms with Crippen LogP contribution < -0.4 is 5.73 Å². The van der Waals surface area contributed by atoms with Gasteiger partial charge in [-0.15, -0.1) is 0 Å². The maximum atomic E-state index is 12.7. The van der Waals surface area contributed by atoms with Crippen molar-refractivity contribution < 1.29 is 13.2 Å². The molecule has 1 aromatic carbocycles. The predicted molar refractivity (Wildman–Crippen MR) is 75.3 cm³/mol. The van der Waals surface area contributed by atoms with Gasteiger partial charge in [0.2, 0.25) is 0 Å². The van der Waals surface area contributed by atoms with Crippen molar-refractivity contribution in [3.05, 3.63) is 47.3 Å². The normalized spacial score (nSPS) is 13.4. The summed E-state index contributed by atoms with van der Waals surface area (Å²) in [4.78, 5) is 0. The molecule has 0 saturated heterocycles. The number of nitrogens with two attached hydrogens (primary N) is 1. The topological polar surface area (TPSA) is 43.8 Å². The summed E-state index contributed by atoms with van der Waals surface area (Å²) in [7, 11) is 0. The lowest BCUT2D eigenvalue weighted by atomic mass is 10.0. The maximum absolute atomic E-state index is 12.7. The van der Waals surface area contributed by atoms with E-state index in [1.807, 2.05) is 26.0 Å². The van der Waals surface area contributed by atoms with Crippen LogP contribution in [0.15, 0.2) is 30.5 Å². The van der Waals surface area contributed by atoms with Gasteiger partial charge in [0.15, 0.2) is 5.69 Å². The van der Waals surface area contributed by atoms with Crippen molar-refractivity contribution >= 4 is 0 Å². The van der Waals surface area contributed by atoms with Crippen molar-refractivity contribution in [2.75, 3.05) is 0 Å². The van der Waals surface area contributed by atoms with E-state index in [2.05, 4.69) is 5.10 Å². The van der Waals surface area contributed by atoms with Gasteiger partial charge in [-0.3, -0.25) is 0 Å². The van der Waals surface area contributed by atoms with Gasteiger partial charge in [0.1, 0.15) is 0 Å². The lowest BCUT2D eigenvalue weighted by molar-refractivity contribution is -0.141. The number of hydrogen-bond acceptors (Lipinski definition) is 2. The van der Waals surface area contributed by atoms with Gasteiger partial charge >= 0.3 is 6.18 Å². The molecule has 1 heterocycles. The van der Waals surface area contributed by atoms with Crippen molar-refractivity contribution in [3.63, 3.8) is 0 Å². The molecule has 0 aliphatic heterocycles. The minimum absolute atomic E-state index is 0.0248. The first-order chi connectivity index (χ1) is 9.81. The molecule has 1 atom stereocenters. The Labute approximate surface area is 121 Å². The zero-order valence-corrected chi connectivity index (χ0v) is 12.0. The van der Waals surface area contributed by atoms with Crippen LogP contribution in [0.2, 0.25) is 0 Å². The third-order valence-corrected chi connectivity index (χ3v) is 3.37. The van der Waals surface area contributed by atoms with E-state index in [0.717, 1.165) is 23.6 Å². The number of hydrogen-bond donors (Lipinski definition) is 1. The van der Waals surface area contributed by atoms with Crippen LogP contribution >= 0.6 is 0 Å². The average Bonchev–Trinajstić information content (AvgIpc) is 2.88. The highest BCUT2D eigenvalue weighted by molar-refractivity contribution is 5.43. The molecule has 0 radical (unpaired) electrons. The number of aryl methyl sites for hydroxylation is 1. The fraction of sp³-hybridized carbons (Fsp3) is 0.400. The highest BCUT2D eigenvalue weighted by atomic mass is 19.4. The minimum atomic E-state index is -4.43. The van der Waals surface area contributed by atoms with E-state index in [0.29, 0.717) is 12.1 Å². The summed E-state index contributed by atoms with van der Waals surface area (Å²) in [5.41, 5.74) is 7.66. The van der Waals surface area contributed by atoms with E-state index >= 15 is 0 Å². The molecule has 0 bridgehead atoms. The number of rotatable bonds is 4. The van der Waals surface area contributed by atoms with Crippen LogP contribution in [-0.4, -0.2) is 15.8 Å². The summed E-state index contributed by atoms with van der Waals surface area (Å²) in [5, 5.41) is 3.63. The van der Waals surface area contributed by atoms with E-state index in [4.69, 9.17) is 5.73 Å². The highest BCUT2D eigenvalue weighted by Crippen LogP contribution is 2.28. The lowest BCUT2D eigenvalue weighted by Gasteiger charge is -2.14. The quantitative estimate of drug-likeness (QED) is 0.939. The van der Waals surface area contributed by atoms with Gasteiger partial charge in [0, 0.05) is 12.2 Å². The smallest absolute Gasteiger partial charge is 0.327 e. The standard InChI is InChI=1S/C15H18F3N3/c1-3-12(19)9-11-8-10(2)4-5-13(11)21-7-6-14(20-21)15(16,17)18/h4-8,12H,3,9,19H2,1-2H3. The average molecular weight is 297 g/mol. The van der Waals surface area contributed by atoms with E-state index in [1.165, 1.54) is 10.9 Å². The van der Waals surface area contributed by atoms with E-state index in [9.17, 15) is 13.2 Å². The van der Waals surface area contributed by atoms with Crippen molar-refractivity contribution in [3.8, 4) is 5.69 Å². The van der Waals surface area contributed by atoms with Gasteiger partial charge in [-0.2, -0.15) is 18.3 Å². The predicted octanol–water partition coefficient (Wildman–Crippen LogP) is 3.48. The Balaban J connectivity index is 2.41. The molecule has 6 heteroatoms. The lowest BCUT2D eigenvalue weighted by Crippen LogP contribution is -2.22. The number of benzene rings is 1. The van der Waals surface area contributed by atoms with Crippen LogP contribution in [0.4, 0.5) is 13.2 Å². The van der Waals surface area contributed by atoms with Crippen LogP contribution in [0.5, 0.6) is 0 Å². The summed E-state index contributed by atoms with van der Waals surface area (Å²) in [5.74, 6) is 0. The first kappa shape index (κ1) is 15.6. The molecule has 21 heavy (non-hydrogen) atoms. The Morgan fingerprint density at radius 2 is 2.00 bits per heavy atom. The summed E-state index contributed by atoms with van der Waals surface area (Å²) >= 11 is 0. The number of nitrogens with zero attached hydrogens (tertiary/aromatic N) is 2. The van der Waals surface area contributed by atoms with Crippen LogP contribution in [0.25, 0.3) is 5.69 Å². The molecule has 3 nitrogen and oxygen atoms in total. The van der Waals surface area contributed by atoms with Crippen LogP contribution in [0, 0.1) is 6.92 Å². The molecule has 2 aromatic rings. The highest BCUT2D eigenvalue weighted by Gasteiger charge is 2.33. The molecule has 0 saturated carbocycles. The van der Waals surface area contributed by atoms with Gasteiger partial charge in [0.25, 0.3) is 0 Å². The molecule has 2 rings (SSSR count). The van der Waals surface area contributed by atoms with Crippen molar-refractivity contribution in [1.29, 1.82) is 0 Å². The zero-order chi connectivity index (χ0) is 15.6.